The molecule has 0 atom stereocenters. The molecule has 1 heterocycles. The predicted octanol–water partition coefficient (Wildman–Crippen LogP) is 4.34. The lowest BCUT2D eigenvalue weighted by Crippen LogP contribution is -2.26. The van der Waals surface area contributed by atoms with Crippen LogP contribution in [0.25, 0.3) is 11.3 Å². The number of hydrogen-bond acceptors (Lipinski definition) is 6. The largest absolute Gasteiger partial charge is 0.455 e. The van der Waals surface area contributed by atoms with Crippen molar-refractivity contribution in [3.8, 4) is 11.3 Å². The van der Waals surface area contributed by atoms with Crippen molar-refractivity contribution in [1.29, 1.82) is 0 Å². The van der Waals surface area contributed by atoms with Crippen molar-refractivity contribution in [2.75, 3.05) is 11.9 Å². The van der Waals surface area contributed by atoms with Crippen LogP contribution in [0.4, 0.5) is 11.4 Å². The van der Waals surface area contributed by atoms with Gasteiger partial charge in [0, 0.05) is 23.4 Å². The maximum absolute atomic E-state index is 12.0. The Morgan fingerprint density at radius 1 is 1.10 bits per heavy atom. The summed E-state index contributed by atoms with van der Waals surface area (Å²) >= 11 is 0. The van der Waals surface area contributed by atoms with Gasteiger partial charge in [-0.2, -0.15) is 5.10 Å². The van der Waals surface area contributed by atoms with Crippen LogP contribution in [-0.4, -0.2) is 23.6 Å². The molecule has 0 fully saturated rings. The number of furan rings is 1. The Morgan fingerprint density at radius 3 is 2.40 bits per heavy atom. The molecule has 0 aliphatic rings. The molecular weight excluding hydrogens is 384 g/mol. The molecule has 8 nitrogen and oxygen atoms in total. The fourth-order valence-corrected chi connectivity index (χ4v) is 3.16. The maximum atomic E-state index is 12.0. The maximum Gasteiger partial charge on any atom is 0.269 e. The van der Waals surface area contributed by atoms with Gasteiger partial charge in [-0.05, 0) is 56.2 Å². The van der Waals surface area contributed by atoms with Crippen molar-refractivity contribution in [1.82, 2.24) is 5.43 Å². The van der Waals surface area contributed by atoms with Crippen LogP contribution in [0.15, 0.2) is 58.0 Å². The standard InChI is InChI=1S/C22H22N4O4/c1-14-10-15(2)22(16(3)11-14)23-13-21(27)25-24-12-19-8-9-20(30-19)17-4-6-18(7-5-17)26(28)29/h4-12,23H,13H2,1-3H3,(H,25,27)/b24-12-. The fourth-order valence-electron chi connectivity index (χ4n) is 3.16. The van der Waals surface area contributed by atoms with Crippen molar-refractivity contribution in [2.45, 2.75) is 20.8 Å². The van der Waals surface area contributed by atoms with Gasteiger partial charge < -0.3 is 9.73 Å². The van der Waals surface area contributed by atoms with Gasteiger partial charge in [-0.3, -0.25) is 14.9 Å². The molecule has 30 heavy (non-hydrogen) atoms. The van der Waals surface area contributed by atoms with E-state index in [4.69, 9.17) is 4.42 Å². The van der Waals surface area contributed by atoms with E-state index < -0.39 is 4.92 Å². The number of amides is 1. The quantitative estimate of drug-likeness (QED) is 0.344. The van der Waals surface area contributed by atoms with Gasteiger partial charge >= 0.3 is 0 Å². The number of anilines is 1. The van der Waals surface area contributed by atoms with E-state index in [1.807, 2.05) is 20.8 Å². The SMILES string of the molecule is Cc1cc(C)c(NCC(=O)N/N=C\c2ccc(-c3ccc([N+](=O)[O-])cc3)o2)c(C)c1. The van der Waals surface area contributed by atoms with Crippen molar-refractivity contribution in [3.05, 3.63) is 81.1 Å². The van der Waals surface area contributed by atoms with E-state index in [1.54, 1.807) is 24.3 Å². The lowest BCUT2D eigenvalue weighted by molar-refractivity contribution is -0.384. The molecule has 2 aromatic carbocycles. The van der Waals surface area contributed by atoms with Crippen molar-refractivity contribution in [2.24, 2.45) is 5.10 Å². The van der Waals surface area contributed by atoms with Crippen LogP contribution in [0, 0.1) is 30.9 Å². The van der Waals surface area contributed by atoms with E-state index in [0.717, 1.165) is 16.8 Å². The number of carbonyl (C=O) groups is 1. The Bertz CT molecular complexity index is 1080. The second-order valence-corrected chi connectivity index (χ2v) is 6.93. The summed E-state index contributed by atoms with van der Waals surface area (Å²) in [5, 5.41) is 17.8. The zero-order chi connectivity index (χ0) is 21.7. The number of nitro groups is 1. The average Bonchev–Trinajstić information content (AvgIpc) is 3.16. The number of nitrogens with zero attached hydrogens (tertiary/aromatic N) is 2. The summed E-state index contributed by atoms with van der Waals surface area (Å²) in [5.41, 5.74) is 7.46. The van der Waals surface area contributed by atoms with Gasteiger partial charge in [-0.25, -0.2) is 5.43 Å². The summed E-state index contributed by atoms with van der Waals surface area (Å²) in [6.07, 6.45) is 1.40. The molecule has 0 unspecified atom stereocenters. The third-order valence-corrected chi connectivity index (χ3v) is 4.47. The monoisotopic (exact) mass is 406 g/mol. The second kappa shape index (κ2) is 9.04. The number of nitro benzene ring substituents is 1. The molecule has 0 spiro atoms. The van der Waals surface area contributed by atoms with E-state index >= 15 is 0 Å². The third-order valence-electron chi connectivity index (χ3n) is 4.47. The first-order chi connectivity index (χ1) is 14.3. The van der Waals surface area contributed by atoms with Gasteiger partial charge in [0.2, 0.25) is 0 Å². The third kappa shape index (κ3) is 5.11. The molecule has 0 radical (unpaired) electrons. The Kier molecular flexibility index (Phi) is 6.26. The van der Waals surface area contributed by atoms with Gasteiger partial charge in [0.1, 0.15) is 11.5 Å². The van der Waals surface area contributed by atoms with Gasteiger partial charge in [-0.15, -0.1) is 0 Å². The average molecular weight is 406 g/mol. The van der Waals surface area contributed by atoms with Crippen LogP contribution in [-0.2, 0) is 4.79 Å². The van der Waals surface area contributed by atoms with Crippen molar-refractivity contribution in [3.63, 3.8) is 0 Å². The van der Waals surface area contributed by atoms with Crippen LogP contribution >= 0.6 is 0 Å². The minimum atomic E-state index is -0.455. The number of hydrogen-bond donors (Lipinski definition) is 2. The van der Waals surface area contributed by atoms with E-state index in [-0.39, 0.29) is 18.1 Å². The van der Waals surface area contributed by atoms with Crippen LogP contribution < -0.4 is 10.7 Å². The molecule has 0 saturated carbocycles. The normalized spacial score (nSPS) is 10.9. The second-order valence-electron chi connectivity index (χ2n) is 6.93. The van der Waals surface area contributed by atoms with Crippen molar-refractivity contribution < 1.29 is 14.1 Å². The topological polar surface area (TPSA) is 110 Å². The summed E-state index contributed by atoms with van der Waals surface area (Å²) < 4.78 is 5.64. The number of benzene rings is 2. The lowest BCUT2D eigenvalue weighted by Gasteiger charge is -2.13. The van der Waals surface area contributed by atoms with Crippen molar-refractivity contribution >= 4 is 23.5 Å². The van der Waals surface area contributed by atoms with Gasteiger partial charge in [0.25, 0.3) is 11.6 Å². The first-order valence-corrected chi connectivity index (χ1v) is 9.32. The zero-order valence-corrected chi connectivity index (χ0v) is 16.9. The van der Waals surface area contributed by atoms with E-state index in [1.165, 1.54) is 23.9 Å². The Labute approximate surface area is 173 Å². The summed E-state index contributed by atoms with van der Waals surface area (Å²) in [4.78, 5) is 22.3. The summed E-state index contributed by atoms with van der Waals surface area (Å²) in [7, 11) is 0. The molecular formula is C22H22N4O4. The highest BCUT2D eigenvalue weighted by Crippen LogP contribution is 2.24. The predicted molar refractivity (Wildman–Crippen MR) is 116 cm³/mol. The van der Waals surface area contributed by atoms with Crippen LogP contribution in [0.5, 0.6) is 0 Å². The van der Waals surface area contributed by atoms with Gasteiger partial charge in [0.15, 0.2) is 0 Å². The number of nitrogens with one attached hydrogen (secondary N) is 2. The molecule has 8 heteroatoms. The molecule has 0 aliphatic carbocycles. The number of non-ortho nitro benzene ring substituents is 1. The van der Waals surface area contributed by atoms with Crippen LogP contribution in [0.2, 0.25) is 0 Å². The first kappa shape index (κ1) is 20.8. The zero-order valence-electron chi connectivity index (χ0n) is 16.9. The minimum absolute atomic E-state index is 0.0134. The van der Waals surface area contributed by atoms with E-state index in [2.05, 4.69) is 28.0 Å². The van der Waals surface area contributed by atoms with E-state index in [9.17, 15) is 14.9 Å². The number of carbonyl (C=O) groups excluding carboxylic acids is 1. The lowest BCUT2D eigenvalue weighted by atomic mass is 10.1. The fraction of sp³-hybridized carbons (Fsp3) is 0.182. The van der Waals surface area contributed by atoms with Crippen LogP contribution in [0.3, 0.4) is 0 Å². The Morgan fingerprint density at radius 2 is 1.77 bits per heavy atom. The summed E-state index contributed by atoms with van der Waals surface area (Å²) in [6.45, 7) is 6.12. The molecule has 0 aliphatic heterocycles. The molecule has 3 aromatic rings. The Balaban J connectivity index is 1.54. The number of hydrazone groups is 1. The summed E-state index contributed by atoms with van der Waals surface area (Å²) in [5.74, 6) is 0.708. The first-order valence-electron chi connectivity index (χ1n) is 9.32. The minimum Gasteiger partial charge on any atom is -0.455 e. The smallest absolute Gasteiger partial charge is 0.269 e. The molecule has 1 amide bonds. The molecule has 0 saturated heterocycles. The highest BCUT2D eigenvalue weighted by Gasteiger charge is 2.08. The molecule has 1 aromatic heterocycles. The molecule has 0 bridgehead atoms. The van der Waals surface area contributed by atoms with Gasteiger partial charge in [0.05, 0.1) is 17.7 Å². The highest BCUT2D eigenvalue weighted by molar-refractivity contribution is 5.83. The molecule has 2 N–H and O–H groups in total. The molecule has 154 valence electrons. The number of rotatable bonds is 7. The number of aryl methyl sites for hydroxylation is 3. The van der Waals surface area contributed by atoms with E-state index in [0.29, 0.717) is 17.1 Å². The van der Waals surface area contributed by atoms with Gasteiger partial charge in [-0.1, -0.05) is 17.7 Å². The summed E-state index contributed by atoms with van der Waals surface area (Å²) in [6, 6.07) is 13.6. The Hall–Kier alpha value is -3.94. The van der Waals surface area contributed by atoms with Crippen LogP contribution in [0.1, 0.15) is 22.5 Å². The highest BCUT2D eigenvalue weighted by atomic mass is 16.6. The molecule has 3 rings (SSSR count).